The Morgan fingerprint density at radius 1 is 1.29 bits per heavy atom. The summed E-state index contributed by atoms with van der Waals surface area (Å²) in [5, 5.41) is 29.3. The first-order valence-corrected chi connectivity index (χ1v) is 12.2. The van der Waals surface area contributed by atoms with Gasteiger partial charge in [0.05, 0.1) is 24.2 Å². The van der Waals surface area contributed by atoms with Gasteiger partial charge in [0, 0.05) is 13.0 Å². The molecule has 0 heterocycles. The molecule has 2 rings (SSSR count). The number of aliphatic hydroxyl groups is 3. The first kappa shape index (κ1) is 25.3. The molecule has 0 amide bonds. The van der Waals surface area contributed by atoms with E-state index in [4.69, 9.17) is 9.84 Å². The van der Waals surface area contributed by atoms with E-state index < -0.39 is 21.7 Å². The van der Waals surface area contributed by atoms with E-state index in [1.165, 1.54) is 0 Å². The summed E-state index contributed by atoms with van der Waals surface area (Å²) in [7, 11) is -3.60. The second-order valence-electron chi connectivity index (χ2n) is 7.65. The number of benzene rings is 1. The Morgan fingerprint density at radius 2 is 1.97 bits per heavy atom. The molecule has 10 heteroatoms. The van der Waals surface area contributed by atoms with E-state index in [-0.39, 0.29) is 32.1 Å². The molecule has 0 aromatic heterocycles. The number of carbonyl (C=O) groups is 1. The Bertz CT molecular complexity index is 836. The highest BCUT2D eigenvalue weighted by Crippen LogP contribution is 2.42. The summed E-state index contributed by atoms with van der Waals surface area (Å²) in [5.41, 5.74) is 2.66. The van der Waals surface area contributed by atoms with E-state index in [1.807, 2.05) is 6.08 Å². The lowest BCUT2D eigenvalue weighted by Gasteiger charge is -2.40. The zero-order valence-electron chi connectivity index (χ0n) is 17.7. The second-order valence-corrected chi connectivity index (χ2v) is 9.48. The number of rotatable bonds is 13. The van der Waals surface area contributed by atoms with Gasteiger partial charge in [-0.3, -0.25) is 4.79 Å². The van der Waals surface area contributed by atoms with Crippen LogP contribution in [-0.4, -0.2) is 61.3 Å². The lowest BCUT2D eigenvalue weighted by molar-refractivity contribution is -0.144. The molecule has 0 aliphatic heterocycles. The highest BCUT2D eigenvalue weighted by molar-refractivity contribution is 7.92. The predicted octanol–water partition coefficient (Wildman–Crippen LogP) is 1.17. The maximum atomic E-state index is 12.2. The Hall–Kier alpha value is -1.98. The molecule has 1 aromatic carbocycles. The summed E-state index contributed by atoms with van der Waals surface area (Å²) in [6.45, 7) is 0.0621. The van der Waals surface area contributed by atoms with Gasteiger partial charge >= 0.3 is 5.97 Å². The Kier molecular flexibility index (Phi) is 9.45. The highest BCUT2D eigenvalue weighted by Gasteiger charge is 2.42. The number of nitrogens with zero attached hydrogens (tertiary/aromatic N) is 1. The Morgan fingerprint density at radius 3 is 2.52 bits per heavy atom. The van der Waals surface area contributed by atoms with E-state index in [2.05, 4.69) is 5.43 Å². The Labute approximate surface area is 183 Å². The summed E-state index contributed by atoms with van der Waals surface area (Å²) in [5.74, 6) is -0.359. The highest BCUT2D eigenvalue weighted by atomic mass is 32.2. The molecule has 1 aliphatic carbocycles. The maximum Gasteiger partial charge on any atom is 0.305 e. The number of hydrogen-bond donors (Lipinski definition) is 4. The molecule has 1 atom stereocenters. The molecule has 0 saturated heterocycles. The number of hydrazine groups is 1. The predicted molar refractivity (Wildman–Crippen MR) is 117 cm³/mol. The summed E-state index contributed by atoms with van der Waals surface area (Å²) in [4.78, 5) is 11.3. The third-order valence-electron chi connectivity index (χ3n) is 5.13. The molecule has 9 nitrogen and oxygen atoms in total. The molecular formula is C21H32N2O7S. The number of nitrogens with one attached hydrogen (secondary N) is 1. The molecular weight excluding hydrogens is 424 g/mol. The van der Waals surface area contributed by atoms with E-state index in [9.17, 15) is 23.4 Å². The zero-order chi connectivity index (χ0) is 22.9. The monoisotopic (exact) mass is 456 g/mol. The van der Waals surface area contributed by atoms with Crippen molar-refractivity contribution in [2.45, 2.75) is 50.2 Å². The van der Waals surface area contributed by atoms with Gasteiger partial charge in [0.15, 0.2) is 0 Å². The smallest absolute Gasteiger partial charge is 0.305 e. The van der Waals surface area contributed by atoms with E-state index in [0.29, 0.717) is 36.9 Å². The number of ether oxygens (including phenoxy) is 1. The van der Waals surface area contributed by atoms with Gasteiger partial charge < -0.3 is 20.1 Å². The third-order valence-corrected chi connectivity index (χ3v) is 6.13. The number of hydrogen-bond acceptors (Lipinski definition) is 8. The quantitative estimate of drug-likeness (QED) is 0.150. The lowest BCUT2D eigenvalue weighted by Crippen LogP contribution is -2.43. The van der Waals surface area contributed by atoms with Crippen molar-refractivity contribution in [3.8, 4) is 0 Å². The molecule has 0 radical (unpaired) electrons. The Balaban J connectivity index is 1.86. The number of aliphatic hydroxyl groups excluding tert-OH is 2. The van der Waals surface area contributed by atoms with Gasteiger partial charge in [-0.2, -0.15) is 0 Å². The van der Waals surface area contributed by atoms with Crippen LogP contribution < -0.4 is 9.84 Å². The van der Waals surface area contributed by atoms with Crippen molar-refractivity contribution in [2.24, 2.45) is 0 Å². The molecule has 1 unspecified atom stereocenters. The molecule has 0 bridgehead atoms. The normalized spacial score (nSPS) is 16.6. The topological polar surface area (TPSA) is 136 Å². The zero-order valence-corrected chi connectivity index (χ0v) is 18.6. The minimum atomic E-state index is -3.60. The van der Waals surface area contributed by atoms with Gasteiger partial charge in [-0.25, -0.2) is 18.3 Å². The van der Waals surface area contributed by atoms with Crippen LogP contribution in [0.1, 0.15) is 50.2 Å². The van der Waals surface area contributed by atoms with Crippen molar-refractivity contribution in [2.75, 3.05) is 30.4 Å². The van der Waals surface area contributed by atoms with Crippen LogP contribution in [0.15, 0.2) is 36.4 Å². The van der Waals surface area contributed by atoms with Gasteiger partial charge in [-0.05, 0) is 49.8 Å². The molecule has 31 heavy (non-hydrogen) atoms. The average molecular weight is 457 g/mol. The van der Waals surface area contributed by atoms with Gasteiger partial charge in [-0.1, -0.05) is 24.3 Å². The number of esters is 1. The van der Waals surface area contributed by atoms with Crippen molar-refractivity contribution in [1.29, 1.82) is 0 Å². The third kappa shape index (κ3) is 7.58. The summed E-state index contributed by atoms with van der Waals surface area (Å²) in [6.07, 6.45) is 7.12. The van der Waals surface area contributed by atoms with Crippen molar-refractivity contribution in [1.82, 2.24) is 5.43 Å². The maximum absolute atomic E-state index is 12.2. The van der Waals surface area contributed by atoms with Crippen LogP contribution in [0.5, 0.6) is 0 Å². The summed E-state index contributed by atoms with van der Waals surface area (Å²) >= 11 is 0. The number of carbonyl (C=O) groups excluding carboxylic acids is 1. The minimum absolute atomic E-state index is 0.000725. The van der Waals surface area contributed by atoms with Crippen LogP contribution in [0.25, 0.3) is 0 Å². The fourth-order valence-electron chi connectivity index (χ4n) is 3.25. The standard InChI is InChI=1S/C21H32N2O7S/c1-31(28,29)23(22-14-5-3-2-4-7-19(25)30-16-15-24)18-10-8-17(9-11-18)20(26)21(27)12-6-13-21/h3,5,8-11,20,22,24,26-27H,2,4,6-7,12-16H2,1H3/b5-3+. The average Bonchev–Trinajstić information content (AvgIpc) is 2.71. The minimum Gasteiger partial charge on any atom is -0.463 e. The largest absolute Gasteiger partial charge is 0.463 e. The molecule has 174 valence electrons. The van der Waals surface area contributed by atoms with Crippen LogP contribution in [0.2, 0.25) is 0 Å². The summed E-state index contributed by atoms with van der Waals surface area (Å²) < 4.78 is 30.2. The van der Waals surface area contributed by atoms with Crippen molar-refractivity contribution >= 4 is 21.7 Å². The van der Waals surface area contributed by atoms with Gasteiger partial charge in [-0.15, -0.1) is 0 Å². The molecule has 1 aliphatic rings. The van der Waals surface area contributed by atoms with Gasteiger partial charge in [0.25, 0.3) is 0 Å². The van der Waals surface area contributed by atoms with E-state index in [1.54, 1.807) is 30.3 Å². The van der Waals surface area contributed by atoms with Crippen LogP contribution >= 0.6 is 0 Å². The fourth-order valence-corrected chi connectivity index (χ4v) is 4.06. The van der Waals surface area contributed by atoms with Gasteiger partial charge in [0.2, 0.25) is 10.0 Å². The molecule has 4 N–H and O–H groups in total. The number of unbranched alkanes of at least 4 members (excludes halogenated alkanes) is 1. The van der Waals surface area contributed by atoms with Crippen LogP contribution in [0.3, 0.4) is 0 Å². The fraction of sp³-hybridized carbons (Fsp3) is 0.571. The molecule has 0 spiro atoms. The van der Waals surface area contributed by atoms with Crippen molar-refractivity contribution < 1.29 is 33.3 Å². The second kappa shape index (κ2) is 11.6. The van der Waals surface area contributed by atoms with Crippen LogP contribution in [-0.2, 0) is 19.6 Å². The first-order valence-electron chi connectivity index (χ1n) is 10.3. The number of sulfonamides is 1. The number of anilines is 1. The SMILES string of the molecule is CS(=O)(=O)N(NC/C=C/CCCC(=O)OCCO)c1ccc(C(O)C2(O)CCC2)cc1. The molecule has 1 saturated carbocycles. The van der Waals surface area contributed by atoms with Gasteiger partial charge in [0.1, 0.15) is 12.7 Å². The lowest BCUT2D eigenvalue weighted by atomic mass is 9.74. The molecule has 1 aromatic rings. The van der Waals surface area contributed by atoms with E-state index >= 15 is 0 Å². The van der Waals surface area contributed by atoms with Crippen molar-refractivity contribution in [3.05, 3.63) is 42.0 Å². The van der Waals surface area contributed by atoms with E-state index in [0.717, 1.165) is 17.1 Å². The number of allylic oxidation sites excluding steroid dienone is 1. The van der Waals surface area contributed by atoms with Crippen LogP contribution in [0, 0.1) is 0 Å². The summed E-state index contributed by atoms with van der Waals surface area (Å²) in [6, 6.07) is 6.39. The molecule has 1 fully saturated rings. The van der Waals surface area contributed by atoms with Crippen molar-refractivity contribution in [3.63, 3.8) is 0 Å². The van der Waals surface area contributed by atoms with Crippen LogP contribution in [0.4, 0.5) is 5.69 Å². The first-order chi connectivity index (χ1) is 14.7.